The van der Waals surface area contributed by atoms with Crippen LogP contribution in [0.2, 0.25) is 0 Å². The second-order valence-electron chi connectivity index (χ2n) is 17.9. The highest BCUT2D eigenvalue weighted by atomic mass is 15.0. The Morgan fingerprint density at radius 3 is 1.13 bits per heavy atom. The molecule has 0 aliphatic rings. The molecule has 0 aliphatic heterocycles. The summed E-state index contributed by atoms with van der Waals surface area (Å²) in [5, 5.41) is 12.6. The third-order valence-corrected chi connectivity index (χ3v) is 14.1. The lowest BCUT2D eigenvalue weighted by Crippen LogP contribution is -1.95. The molecule has 14 aromatic rings. The van der Waals surface area contributed by atoms with Crippen LogP contribution in [0.4, 0.5) is 0 Å². The van der Waals surface area contributed by atoms with Gasteiger partial charge in [-0.15, -0.1) is 0 Å². The van der Waals surface area contributed by atoms with Gasteiger partial charge < -0.3 is 9.13 Å². The highest BCUT2D eigenvalue weighted by molar-refractivity contribution is 6.25. The molecule has 0 aliphatic carbocycles. The van der Waals surface area contributed by atoms with E-state index in [0.717, 1.165) is 45.0 Å². The highest BCUT2D eigenvalue weighted by Crippen LogP contribution is 2.41. The Hall–Kier alpha value is -9.05. The van der Waals surface area contributed by atoms with Crippen molar-refractivity contribution in [2.24, 2.45) is 0 Å². The van der Waals surface area contributed by atoms with E-state index in [2.05, 4.69) is 258 Å². The lowest BCUT2D eigenvalue weighted by atomic mass is 9.94. The molecule has 0 amide bonds. The van der Waals surface area contributed by atoms with Crippen molar-refractivity contribution in [2.75, 3.05) is 0 Å². The smallest absolute Gasteiger partial charge is 0.0715 e. The number of pyridine rings is 1. The van der Waals surface area contributed by atoms with Crippen molar-refractivity contribution in [1.82, 2.24) is 14.1 Å². The Labute approximate surface area is 393 Å². The average Bonchev–Trinajstić information content (AvgIpc) is 3.93. The zero-order valence-electron chi connectivity index (χ0n) is 37.0. The Bertz CT molecular complexity index is 4220. The molecule has 11 aromatic carbocycles. The summed E-state index contributed by atoms with van der Waals surface area (Å²) in [5.74, 6) is 0. The van der Waals surface area contributed by atoms with Crippen molar-refractivity contribution in [1.29, 1.82) is 0 Å². The topological polar surface area (TPSA) is 22.8 Å². The maximum Gasteiger partial charge on any atom is 0.0715 e. The first kappa shape index (κ1) is 38.2. The molecular weight excluding hydrogens is 823 g/mol. The third-order valence-electron chi connectivity index (χ3n) is 14.1. The summed E-state index contributed by atoms with van der Waals surface area (Å²) in [4.78, 5) is 5.15. The van der Waals surface area contributed by atoms with Crippen molar-refractivity contribution in [3.8, 4) is 56.1 Å². The molecule has 3 heteroatoms. The second-order valence-corrected chi connectivity index (χ2v) is 17.9. The molecule has 0 bridgehead atoms. The largest absolute Gasteiger partial charge is 0.309 e. The molecule has 0 fully saturated rings. The van der Waals surface area contributed by atoms with Crippen molar-refractivity contribution >= 4 is 75.9 Å². The minimum Gasteiger partial charge on any atom is -0.309 e. The van der Waals surface area contributed by atoms with E-state index in [1.807, 2.05) is 0 Å². The number of rotatable bonds is 6. The summed E-state index contributed by atoms with van der Waals surface area (Å²) >= 11 is 0. The molecule has 316 valence electrons. The van der Waals surface area contributed by atoms with E-state index in [1.54, 1.807) is 0 Å². The van der Waals surface area contributed by atoms with E-state index in [-0.39, 0.29) is 0 Å². The van der Waals surface area contributed by atoms with Crippen LogP contribution in [0.3, 0.4) is 0 Å². The van der Waals surface area contributed by atoms with Gasteiger partial charge in [-0.1, -0.05) is 176 Å². The highest BCUT2D eigenvalue weighted by Gasteiger charge is 2.18. The van der Waals surface area contributed by atoms with Gasteiger partial charge in [-0.05, 0) is 127 Å². The van der Waals surface area contributed by atoms with Crippen molar-refractivity contribution in [3.05, 3.63) is 249 Å². The number of hydrogen-bond donors (Lipinski definition) is 0. The summed E-state index contributed by atoms with van der Waals surface area (Å²) in [6.07, 6.45) is 0. The molecule has 0 unspecified atom stereocenters. The van der Waals surface area contributed by atoms with Gasteiger partial charge in [-0.25, -0.2) is 4.98 Å². The fraction of sp³-hybridized carbons (Fsp3) is 0. The molecule has 68 heavy (non-hydrogen) atoms. The average molecular weight is 864 g/mol. The Kier molecular flexibility index (Phi) is 8.59. The number of fused-ring (bicyclic) bond motifs is 12. The summed E-state index contributed by atoms with van der Waals surface area (Å²) < 4.78 is 4.86. The summed E-state index contributed by atoms with van der Waals surface area (Å²) in [6, 6.07) is 90.6. The molecule has 3 heterocycles. The van der Waals surface area contributed by atoms with Crippen LogP contribution in [0, 0.1) is 0 Å². The van der Waals surface area contributed by atoms with Crippen molar-refractivity contribution < 1.29 is 0 Å². The zero-order valence-corrected chi connectivity index (χ0v) is 37.0. The molecule has 0 spiro atoms. The molecule has 0 atom stereocenters. The molecule has 0 saturated carbocycles. The predicted molar refractivity (Wildman–Crippen MR) is 287 cm³/mol. The van der Waals surface area contributed by atoms with E-state index in [9.17, 15) is 0 Å². The van der Waals surface area contributed by atoms with E-state index >= 15 is 0 Å². The Morgan fingerprint density at radius 2 is 0.603 bits per heavy atom. The zero-order chi connectivity index (χ0) is 44.7. The maximum atomic E-state index is 5.15. The molecular formula is C65H41N3. The standard InChI is InChI=1S/C65H41N3/c1-3-16-42(17-4-1)60-39-47(40-61(66-60)43-18-5-2-6-19-43)44-20-15-21-48(36-44)67-62-28-13-11-26-55(62)58-37-45(30-34-64(58)67)46-31-35-65-59(38-46)56-27-12-14-29-63(56)68(65)49-32-33-54-52-24-8-7-22-50(52)51-23-9-10-25-53(51)57(54)41-49/h1-41H. The lowest BCUT2D eigenvalue weighted by molar-refractivity contribution is 1.18. The van der Waals surface area contributed by atoms with Gasteiger partial charge >= 0.3 is 0 Å². The Balaban J connectivity index is 0.892. The van der Waals surface area contributed by atoms with E-state index in [1.165, 1.54) is 87.1 Å². The maximum absolute atomic E-state index is 5.15. The molecule has 0 N–H and O–H groups in total. The molecule has 0 saturated heterocycles. The Morgan fingerprint density at radius 1 is 0.206 bits per heavy atom. The van der Waals surface area contributed by atoms with Crippen LogP contribution in [-0.2, 0) is 0 Å². The third kappa shape index (κ3) is 6.03. The quantitative estimate of drug-likeness (QED) is 0.153. The normalized spacial score (nSPS) is 11.8. The van der Waals surface area contributed by atoms with Gasteiger partial charge in [-0.2, -0.15) is 0 Å². The number of aromatic nitrogens is 3. The molecule has 3 nitrogen and oxygen atoms in total. The van der Waals surface area contributed by atoms with Gasteiger partial charge in [0.15, 0.2) is 0 Å². The van der Waals surface area contributed by atoms with Crippen LogP contribution < -0.4 is 0 Å². The van der Waals surface area contributed by atoms with E-state index in [4.69, 9.17) is 4.98 Å². The first-order valence-corrected chi connectivity index (χ1v) is 23.4. The van der Waals surface area contributed by atoms with Crippen LogP contribution in [0.25, 0.3) is 132 Å². The minimum atomic E-state index is 0.954. The van der Waals surface area contributed by atoms with Crippen LogP contribution in [-0.4, -0.2) is 14.1 Å². The van der Waals surface area contributed by atoms with Gasteiger partial charge in [0.2, 0.25) is 0 Å². The fourth-order valence-electron chi connectivity index (χ4n) is 10.9. The number of hydrogen-bond acceptors (Lipinski definition) is 1. The summed E-state index contributed by atoms with van der Waals surface area (Å²) in [6.45, 7) is 0. The number of nitrogens with zero attached hydrogens (tertiary/aromatic N) is 3. The van der Waals surface area contributed by atoms with E-state index < -0.39 is 0 Å². The number of para-hydroxylation sites is 2. The van der Waals surface area contributed by atoms with Crippen LogP contribution in [0.5, 0.6) is 0 Å². The van der Waals surface area contributed by atoms with Crippen LogP contribution in [0.15, 0.2) is 249 Å². The van der Waals surface area contributed by atoms with Gasteiger partial charge in [0.25, 0.3) is 0 Å². The van der Waals surface area contributed by atoms with Gasteiger partial charge in [0.1, 0.15) is 0 Å². The van der Waals surface area contributed by atoms with Crippen molar-refractivity contribution in [2.45, 2.75) is 0 Å². The van der Waals surface area contributed by atoms with Crippen molar-refractivity contribution in [3.63, 3.8) is 0 Å². The van der Waals surface area contributed by atoms with Gasteiger partial charge in [-0.3, -0.25) is 0 Å². The lowest BCUT2D eigenvalue weighted by Gasteiger charge is -2.14. The number of benzene rings is 11. The summed E-state index contributed by atoms with van der Waals surface area (Å²) in [7, 11) is 0. The first-order chi connectivity index (χ1) is 33.7. The molecule has 0 radical (unpaired) electrons. The van der Waals surface area contributed by atoms with Gasteiger partial charge in [0.05, 0.1) is 33.5 Å². The van der Waals surface area contributed by atoms with Gasteiger partial charge in [0, 0.05) is 44.0 Å². The van der Waals surface area contributed by atoms with Crippen LogP contribution >= 0.6 is 0 Å². The molecule has 3 aromatic heterocycles. The van der Waals surface area contributed by atoms with Crippen LogP contribution in [0.1, 0.15) is 0 Å². The minimum absolute atomic E-state index is 0.954. The fourth-order valence-corrected chi connectivity index (χ4v) is 10.9. The molecule has 14 rings (SSSR count). The monoisotopic (exact) mass is 863 g/mol. The SMILES string of the molecule is c1ccc(-c2cc(-c3cccc(-n4c5ccccc5c5cc(-c6ccc7c(c6)c6ccccc6n7-c6ccc7c8ccccc8c8ccccc8c7c6)ccc54)c3)cc(-c3ccccc3)n2)cc1. The first-order valence-electron chi connectivity index (χ1n) is 23.4. The van der Waals surface area contributed by atoms with E-state index in [0.29, 0.717) is 0 Å². The predicted octanol–water partition coefficient (Wildman–Crippen LogP) is 17.4. The second kappa shape index (κ2) is 15.3. The summed E-state index contributed by atoms with van der Waals surface area (Å²) in [5.41, 5.74) is 15.8.